The van der Waals surface area contributed by atoms with Crippen LogP contribution in [0.4, 0.5) is 0 Å². The summed E-state index contributed by atoms with van der Waals surface area (Å²) in [4.78, 5) is 3.07. The minimum absolute atomic E-state index is 0.688. The lowest BCUT2D eigenvalue weighted by atomic mass is 10.0. The zero-order valence-corrected chi connectivity index (χ0v) is 10.9. The summed E-state index contributed by atoms with van der Waals surface area (Å²) in [6.45, 7) is 10.7. The molecule has 0 radical (unpaired) electrons. The van der Waals surface area contributed by atoms with Gasteiger partial charge in [-0.25, -0.2) is 0 Å². The summed E-state index contributed by atoms with van der Waals surface area (Å²) >= 11 is 1.99. The topological polar surface area (TPSA) is 0 Å². The first-order valence-electron chi connectivity index (χ1n) is 5.86. The predicted molar refractivity (Wildman–Crippen MR) is 70.7 cm³/mol. The lowest BCUT2D eigenvalue weighted by Gasteiger charge is -2.09. The molecule has 0 bridgehead atoms. The van der Waals surface area contributed by atoms with Crippen LogP contribution in [-0.2, 0) is 6.42 Å². The van der Waals surface area contributed by atoms with Gasteiger partial charge < -0.3 is 0 Å². The van der Waals surface area contributed by atoms with Crippen LogP contribution in [0.1, 0.15) is 49.3 Å². The minimum atomic E-state index is 0.688. The molecule has 15 heavy (non-hydrogen) atoms. The number of thiophene rings is 1. The molecule has 0 aromatic carbocycles. The van der Waals surface area contributed by atoms with E-state index in [-0.39, 0.29) is 0 Å². The molecular formula is C14H22S. The lowest BCUT2D eigenvalue weighted by molar-refractivity contribution is 0.654. The van der Waals surface area contributed by atoms with Crippen molar-refractivity contribution < 1.29 is 0 Å². The third-order valence-corrected chi connectivity index (χ3v) is 3.91. The predicted octanol–water partition coefficient (Wildman–Crippen LogP) is 5.02. The average molecular weight is 222 g/mol. The molecule has 1 atom stereocenters. The Hall–Kier alpha value is -0.560. The van der Waals surface area contributed by atoms with Gasteiger partial charge in [-0.05, 0) is 43.2 Å². The van der Waals surface area contributed by atoms with Crippen LogP contribution >= 0.6 is 11.3 Å². The summed E-state index contributed by atoms with van der Waals surface area (Å²) in [5.41, 5.74) is 0. The lowest BCUT2D eigenvalue weighted by Crippen LogP contribution is -1.92. The second-order valence-electron chi connectivity index (χ2n) is 4.53. The number of hydrogen-bond donors (Lipinski definition) is 0. The molecule has 1 rings (SSSR count). The highest BCUT2D eigenvalue weighted by atomic mass is 32.1. The summed E-state index contributed by atoms with van der Waals surface area (Å²) in [7, 11) is 0. The zero-order chi connectivity index (χ0) is 11.3. The third kappa shape index (κ3) is 3.83. The Kier molecular flexibility index (Phi) is 5.10. The Balaban J connectivity index is 2.68. The molecule has 0 nitrogen and oxygen atoms in total. The maximum absolute atomic E-state index is 3.83. The maximum atomic E-state index is 3.83. The van der Waals surface area contributed by atoms with Gasteiger partial charge in [-0.1, -0.05) is 26.8 Å². The highest BCUT2D eigenvalue weighted by Gasteiger charge is 2.10. The first kappa shape index (κ1) is 12.5. The van der Waals surface area contributed by atoms with E-state index >= 15 is 0 Å². The molecule has 84 valence electrons. The van der Waals surface area contributed by atoms with Crippen LogP contribution in [0.3, 0.4) is 0 Å². The summed E-state index contributed by atoms with van der Waals surface area (Å²) in [5.74, 6) is 1.45. The Bertz CT molecular complexity index is 296. The largest absolute Gasteiger partial charge is 0.145 e. The van der Waals surface area contributed by atoms with Crippen LogP contribution in [0, 0.1) is 5.92 Å². The van der Waals surface area contributed by atoms with E-state index in [0.717, 1.165) is 12.3 Å². The van der Waals surface area contributed by atoms with Crippen LogP contribution in [-0.4, -0.2) is 0 Å². The molecule has 0 aliphatic rings. The molecular weight excluding hydrogens is 200 g/mol. The van der Waals surface area contributed by atoms with Crippen molar-refractivity contribution in [3.05, 3.63) is 34.5 Å². The van der Waals surface area contributed by atoms with Gasteiger partial charge in [-0.2, -0.15) is 0 Å². The highest BCUT2D eigenvalue weighted by Crippen LogP contribution is 2.31. The molecule has 0 aliphatic heterocycles. The van der Waals surface area contributed by atoms with E-state index in [2.05, 4.69) is 39.5 Å². The number of hydrogen-bond acceptors (Lipinski definition) is 1. The second kappa shape index (κ2) is 6.12. The fourth-order valence-electron chi connectivity index (χ4n) is 1.81. The summed E-state index contributed by atoms with van der Waals surface area (Å²) < 4.78 is 0. The Morgan fingerprint density at radius 1 is 1.40 bits per heavy atom. The molecule has 1 unspecified atom stereocenters. The van der Waals surface area contributed by atoms with Crippen molar-refractivity contribution in [3.8, 4) is 0 Å². The van der Waals surface area contributed by atoms with Crippen molar-refractivity contribution in [2.45, 2.75) is 46.0 Å². The van der Waals surface area contributed by atoms with Crippen LogP contribution in [0.2, 0.25) is 0 Å². The van der Waals surface area contributed by atoms with Gasteiger partial charge in [0.15, 0.2) is 0 Å². The van der Waals surface area contributed by atoms with Crippen LogP contribution < -0.4 is 0 Å². The summed E-state index contributed by atoms with van der Waals surface area (Å²) in [6, 6.07) is 4.60. The van der Waals surface area contributed by atoms with Gasteiger partial charge in [-0.3, -0.25) is 0 Å². The van der Waals surface area contributed by atoms with E-state index in [0.29, 0.717) is 5.92 Å². The summed E-state index contributed by atoms with van der Waals surface area (Å²) in [5, 5.41) is 0. The molecule has 1 aromatic rings. The van der Waals surface area contributed by atoms with Gasteiger partial charge in [0.2, 0.25) is 0 Å². The van der Waals surface area contributed by atoms with Gasteiger partial charge in [-0.15, -0.1) is 17.9 Å². The van der Waals surface area contributed by atoms with E-state index in [9.17, 15) is 0 Å². The van der Waals surface area contributed by atoms with Crippen molar-refractivity contribution in [1.29, 1.82) is 0 Å². The van der Waals surface area contributed by atoms with Crippen molar-refractivity contribution in [2.75, 3.05) is 0 Å². The van der Waals surface area contributed by atoms with Gasteiger partial charge >= 0.3 is 0 Å². The SMILES string of the molecule is C=CCC(CC)c1ccc(CC(C)C)s1. The van der Waals surface area contributed by atoms with E-state index in [1.807, 2.05) is 17.4 Å². The quantitative estimate of drug-likeness (QED) is 0.593. The molecule has 0 saturated carbocycles. The van der Waals surface area contributed by atoms with Crippen LogP contribution in [0.5, 0.6) is 0 Å². The van der Waals surface area contributed by atoms with E-state index in [1.165, 1.54) is 22.6 Å². The molecule has 0 N–H and O–H groups in total. The fraction of sp³-hybridized carbons (Fsp3) is 0.571. The molecule has 0 fully saturated rings. The molecule has 0 aliphatic carbocycles. The standard InChI is InChI=1S/C14H22S/c1-5-7-12(6-2)14-9-8-13(15-14)10-11(3)4/h5,8-9,11-12H,1,6-7,10H2,2-4H3. The van der Waals surface area contributed by atoms with E-state index in [4.69, 9.17) is 0 Å². The van der Waals surface area contributed by atoms with Gasteiger partial charge in [0.25, 0.3) is 0 Å². The highest BCUT2D eigenvalue weighted by molar-refractivity contribution is 7.12. The Morgan fingerprint density at radius 3 is 2.67 bits per heavy atom. The number of rotatable bonds is 6. The molecule has 1 heterocycles. The summed E-state index contributed by atoms with van der Waals surface area (Å²) in [6.07, 6.45) is 5.58. The van der Waals surface area contributed by atoms with Crippen LogP contribution in [0.25, 0.3) is 0 Å². The first-order valence-corrected chi connectivity index (χ1v) is 6.68. The smallest absolute Gasteiger partial charge is 0.00821 e. The van der Waals surface area contributed by atoms with Crippen molar-refractivity contribution in [2.24, 2.45) is 5.92 Å². The minimum Gasteiger partial charge on any atom is -0.145 e. The first-order chi connectivity index (χ1) is 7.17. The Labute approximate surface area is 98.0 Å². The van der Waals surface area contributed by atoms with Crippen LogP contribution in [0.15, 0.2) is 24.8 Å². The normalized spacial score (nSPS) is 13.1. The second-order valence-corrected chi connectivity index (χ2v) is 5.73. The zero-order valence-electron chi connectivity index (χ0n) is 10.1. The van der Waals surface area contributed by atoms with Gasteiger partial charge in [0.05, 0.1) is 0 Å². The molecule has 0 amide bonds. The van der Waals surface area contributed by atoms with Gasteiger partial charge in [0, 0.05) is 9.75 Å². The fourth-order valence-corrected chi connectivity index (χ4v) is 3.23. The maximum Gasteiger partial charge on any atom is 0.00821 e. The van der Waals surface area contributed by atoms with Gasteiger partial charge in [0.1, 0.15) is 0 Å². The number of allylic oxidation sites excluding steroid dienone is 1. The Morgan fingerprint density at radius 2 is 2.13 bits per heavy atom. The van der Waals surface area contributed by atoms with Crippen molar-refractivity contribution in [3.63, 3.8) is 0 Å². The molecule has 1 heteroatoms. The van der Waals surface area contributed by atoms with Crippen molar-refractivity contribution >= 4 is 11.3 Å². The molecule has 0 saturated heterocycles. The van der Waals surface area contributed by atoms with Crippen molar-refractivity contribution in [1.82, 2.24) is 0 Å². The third-order valence-electron chi connectivity index (χ3n) is 2.64. The monoisotopic (exact) mass is 222 g/mol. The molecule has 0 spiro atoms. The molecule has 1 aromatic heterocycles. The average Bonchev–Trinajstić information content (AvgIpc) is 2.61. The van der Waals surface area contributed by atoms with E-state index < -0.39 is 0 Å². The van der Waals surface area contributed by atoms with E-state index in [1.54, 1.807) is 0 Å².